The van der Waals surface area contributed by atoms with Crippen LogP contribution in [0.25, 0.3) is 0 Å². The summed E-state index contributed by atoms with van der Waals surface area (Å²) < 4.78 is 1.28. The van der Waals surface area contributed by atoms with Gasteiger partial charge in [0.25, 0.3) is 5.56 Å². The molecular formula is C26H30N6O4. The van der Waals surface area contributed by atoms with Crippen LogP contribution in [0.4, 0.5) is 11.5 Å². The van der Waals surface area contributed by atoms with Crippen molar-refractivity contribution in [1.29, 1.82) is 0 Å². The molecule has 0 bridgehead atoms. The van der Waals surface area contributed by atoms with Crippen LogP contribution in [0.1, 0.15) is 24.0 Å². The highest BCUT2D eigenvalue weighted by atomic mass is 16.2. The third kappa shape index (κ3) is 6.01. The molecule has 0 spiro atoms. The molecule has 1 fully saturated rings. The Labute approximate surface area is 208 Å². The van der Waals surface area contributed by atoms with E-state index in [1.165, 1.54) is 9.47 Å². The lowest BCUT2D eigenvalue weighted by molar-refractivity contribution is -0.131. The van der Waals surface area contributed by atoms with Crippen molar-refractivity contribution < 1.29 is 9.59 Å². The molecule has 0 unspecified atom stereocenters. The smallest absolute Gasteiger partial charge is 0.330 e. The van der Waals surface area contributed by atoms with Crippen LogP contribution < -0.4 is 27.2 Å². The number of carbonyl (C=O) groups is 2. The first-order chi connectivity index (χ1) is 17.4. The quantitative estimate of drug-likeness (QED) is 0.408. The molecule has 0 aliphatic carbocycles. The number of benzene rings is 2. The van der Waals surface area contributed by atoms with Crippen molar-refractivity contribution >= 4 is 23.3 Å². The molecule has 0 saturated carbocycles. The van der Waals surface area contributed by atoms with Crippen LogP contribution >= 0.6 is 0 Å². The van der Waals surface area contributed by atoms with Gasteiger partial charge in [-0.3, -0.25) is 23.9 Å². The monoisotopic (exact) mass is 490 g/mol. The van der Waals surface area contributed by atoms with Crippen molar-refractivity contribution in [2.75, 3.05) is 36.8 Å². The second kappa shape index (κ2) is 11.4. The van der Waals surface area contributed by atoms with Crippen molar-refractivity contribution in [2.24, 2.45) is 0 Å². The lowest BCUT2D eigenvalue weighted by Gasteiger charge is -2.26. The number of H-pyrrole nitrogens is 1. The van der Waals surface area contributed by atoms with Crippen molar-refractivity contribution in [1.82, 2.24) is 19.8 Å². The van der Waals surface area contributed by atoms with Crippen LogP contribution in [0.2, 0.25) is 0 Å². The van der Waals surface area contributed by atoms with Crippen molar-refractivity contribution in [3.05, 3.63) is 92.6 Å². The van der Waals surface area contributed by atoms with Gasteiger partial charge in [0.2, 0.25) is 11.8 Å². The van der Waals surface area contributed by atoms with Gasteiger partial charge in [0, 0.05) is 19.6 Å². The zero-order valence-electron chi connectivity index (χ0n) is 20.0. The number of aromatic amines is 1. The number of nitrogens with zero attached hydrogens (tertiary/aromatic N) is 3. The second-order valence-corrected chi connectivity index (χ2v) is 8.77. The molecule has 1 saturated heterocycles. The van der Waals surface area contributed by atoms with E-state index in [9.17, 15) is 19.2 Å². The summed E-state index contributed by atoms with van der Waals surface area (Å²) >= 11 is 0. The number of carbonyl (C=O) groups excluding carboxylic acids is 2. The standard InChI is InChI=1S/C26H30N6O4/c27-24-23(25(35)29-26(36)32(24)17-20-11-5-2-6-12-20)31(16-19-9-3-1-4-10-19)18-21(33)28-15-22(34)30-13-7-8-14-30/h1-6,9-12H,7-8,13-18,27H2,(H,28,33)(H,29,35,36). The molecule has 36 heavy (non-hydrogen) atoms. The van der Waals surface area contributed by atoms with E-state index in [0.717, 1.165) is 24.0 Å². The number of nitrogens with two attached hydrogens (primary N) is 1. The zero-order valence-corrected chi connectivity index (χ0v) is 20.0. The fourth-order valence-corrected chi connectivity index (χ4v) is 4.31. The first-order valence-electron chi connectivity index (χ1n) is 11.9. The maximum atomic E-state index is 12.9. The Balaban J connectivity index is 1.60. The number of anilines is 2. The minimum atomic E-state index is -0.682. The van der Waals surface area contributed by atoms with Crippen molar-refractivity contribution in [2.45, 2.75) is 25.9 Å². The maximum absolute atomic E-state index is 12.9. The highest BCUT2D eigenvalue weighted by Gasteiger charge is 2.23. The summed E-state index contributed by atoms with van der Waals surface area (Å²) in [6, 6.07) is 18.6. The third-order valence-electron chi connectivity index (χ3n) is 6.16. The third-order valence-corrected chi connectivity index (χ3v) is 6.16. The largest absolute Gasteiger partial charge is 0.383 e. The molecular weight excluding hydrogens is 460 g/mol. The lowest BCUT2D eigenvalue weighted by atomic mass is 10.2. The average Bonchev–Trinajstić information content (AvgIpc) is 3.41. The highest BCUT2D eigenvalue weighted by Crippen LogP contribution is 2.20. The van der Waals surface area contributed by atoms with E-state index in [2.05, 4.69) is 10.3 Å². The molecule has 4 rings (SSSR count). The number of likely N-dealkylation sites (tertiary alicyclic amines) is 1. The Morgan fingerprint density at radius 1 is 0.944 bits per heavy atom. The normalized spacial score (nSPS) is 12.9. The molecule has 2 aromatic carbocycles. The molecule has 2 heterocycles. The van der Waals surface area contributed by atoms with Gasteiger partial charge >= 0.3 is 5.69 Å². The van der Waals surface area contributed by atoms with Crippen LogP contribution in [0.5, 0.6) is 0 Å². The number of hydrogen-bond acceptors (Lipinski definition) is 6. The van der Waals surface area contributed by atoms with Crippen LogP contribution in [-0.4, -0.2) is 52.4 Å². The fourth-order valence-electron chi connectivity index (χ4n) is 4.31. The van der Waals surface area contributed by atoms with Crippen LogP contribution in [0, 0.1) is 0 Å². The number of amides is 2. The van der Waals surface area contributed by atoms with Gasteiger partial charge in [-0.25, -0.2) is 4.79 Å². The van der Waals surface area contributed by atoms with Gasteiger partial charge < -0.3 is 20.9 Å². The van der Waals surface area contributed by atoms with E-state index >= 15 is 0 Å². The molecule has 0 radical (unpaired) electrons. The average molecular weight is 491 g/mol. The Hall–Kier alpha value is -4.34. The van der Waals surface area contributed by atoms with E-state index in [-0.39, 0.29) is 43.6 Å². The van der Waals surface area contributed by atoms with Gasteiger partial charge in [-0.15, -0.1) is 0 Å². The summed E-state index contributed by atoms with van der Waals surface area (Å²) in [4.78, 5) is 56.3. The summed E-state index contributed by atoms with van der Waals surface area (Å²) in [7, 11) is 0. The molecule has 1 aliphatic rings. The van der Waals surface area contributed by atoms with Gasteiger partial charge in [-0.2, -0.15) is 0 Å². The number of nitrogen functional groups attached to an aromatic ring is 1. The number of aromatic nitrogens is 2. The molecule has 10 nitrogen and oxygen atoms in total. The topological polar surface area (TPSA) is 134 Å². The first-order valence-corrected chi connectivity index (χ1v) is 11.9. The molecule has 4 N–H and O–H groups in total. The first kappa shape index (κ1) is 24.8. The number of rotatable bonds is 9. The van der Waals surface area contributed by atoms with Gasteiger partial charge in [0.1, 0.15) is 11.5 Å². The van der Waals surface area contributed by atoms with Gasteiger partial charge in [0.15, 0.2) is 0 Å². The Morgan fingerprint density at radius 3 is 2.19 bits per heavy atom. The SMILES string of the molecule is Nc1c(N(CC(=O)NCC(=O)N2CCCC2)Cc2ccccc2)c(=O)[nH]c(=O)n1Cc1ccccc1. The van der Waals surface area contributed by atoms with Gasteiger partial charge in [-0.1, -0.05) is 60.7 Å². The minimum Gasteiger partial charge on any atom is -0.383 e. The Kier molecular flexibility index (Phi) is 7.84. The van der Waals surface area contributed by atoms with E-state index in [1.807, 2.05) is 60.7 Å². The predicted octanol–water partition coefficient (Wildman–Crippen LogP) is 0.912. The summed E-state index contributed by atoms with van der Waals surface area (Å²) in [5.74, 6) is -0.605. The van der Waals surface area contributed by atoms with E-state index < -0.39 is 17.2 Å². The van der Waals surface area contributed by atoms with E-state index in [1.54, 1.807) is 4.90 Å². The van der Waals surface area contributed by atoms with Crippen LogP contribution in [0.15, 0.2) is 70.3 Å². The molecule has 3 aromatic rings. The number of hydrogen-bond donors (Lipinski definition) is 3. The van der Waals surface area contributed by atoms with Gasteiger partial charge in [0.05, 0.1) is 19.6 Å². The summed E-state index contributed by atoms with van der Waals surface area (Å²) in [6.07, 6.45) is 1.93. The second-order valence-electron chi connectivity index (χ2n) is 8.77. The molecule has 0 atom stereocenters. The van der Waals surface area contributed by atoms with Gasteiger partial charge in [-0.05, 0) is 24.0 Å². The van der Waals surface area contributed by atoms with Crippen molar-refractivity contribution in [3.63, 3.8) is 0 Å². The fraction of sp³-hybridized carbons (Fsp3) is 0.308. The van der Waals surface area contributed by atoms with Crippen molar-refractivity contribution in [3.8, 4) is 0 Å². The summed E-state index contributed by atoms with van der Waals surface area (Å²) in [6.45, 7) is 1.42. The van der Waals surface area contributed by atoms with E-state index in [4.69, 9.17) is 5.73 Å². The zero-order chi connectivity index (χ0) is 25.5. The van der Waals surface area contributed by atoms with E-state index in [0.29, 0.717) is 13.1 Å². The van der Waals surface area contributed by atoms with Crippen LogP contribution in [-0.2, 0) is 22.7 Å². The molecule has 1 aromatic heterocycles. The number of nitrogens with one attached hydrogen (secondary N) is 2. The lowest BCUT2D eigenvalue weighted by Crippen LogP contribution is -2.45. The summed E-state index contributed by atoms with van der Waals surface area (Å²) in [5, 5.41) is 2.66. The summed E-state index contributed by atoms with van der Waals surface area (Å²) in [5.41, 5.74) is 6.76. The van der Waals surface area contributed by atoms with Crippen LogP contribution in [0.3, 0.4) is 0 Å². The maximum Gasteiger partial charge on any atom is 0.330 e. The molecule has 1 aliphatic heterocycles. The Bertz CT molecular complexity index is 1310. The molecule has 2 amide bonds. The highest BCUT2D eigenvalue weighted by molar-refractivity contribution is 5.87. The molecule has 188 valence electrons. The Morgan fingerprint density at radius 2 is 1.56 bits per heavy atom. The molecule has 10 heteroatoms. The minimum absolute atomic E-state index is 0.0235. The predicted molar refractivity (Wildman–Crippen MR) is 138 cm³/mol.